The van der Waals surface area contributed by atoms with Crippen LogP contribution >= 0.6 is 11.3 Å². The zero-order valence-corrected chi connectivity index (χ0v) is 18.4. The number of carbonyl (C=O) groups is 2. The van der Waals surface area contributed by atoms with Crippen LogP contribution in [0.2, 0.25) is 0 Å². The van der Waals surface area contributed by atoms with E-state index in [4.69, 9.17) is 14.2 Å². The van der Waals surface area contributed by atoms with Gasteiger partial charge in [0.15, 0.2) is 11.5 Å². The highest BCUT2D eigenvalue weighted by Crippen LogP contribution is 2.37. The molecule has 2 N–H and O–H groups in total. The first-order valence-corrected chi connectivity index (χ1v) is 10.2. The summed E-state index contributed by atoms with van der Waals surface area (Å²) in [5.74, 6) is 0.721. The van der Waals surface area contributed by atoms with Crippen molar-refractivity contribution in [3.8, 4) is 17.2 Å². The van der Waals surface area contributed by atoms with Crippen LogP contribution in [0.5, 0.6) is 17.2 Å². The standard InChI is InChI=1S/C21H21N5O5S/c1-29-15-9-13(10-16(30-2)19(15)31-3)12-22-24-17(27)11-18-25-26-21(32-18)23-20(28)14-7-5-4-6-8-14/h4-10,12H,11H2,1-3H3,(H,24,27)(H,23,26,28)/b22-12-. The first-order chi connectivity index (χ1) is 15.5. The van der Waals surface area contributed by atoms with Gasteiger partial charge in [-0.05, 0) is 24.3 Å². The van der Waals surface area contributed by atoms with Gasteiger partial charge in [-0.25, -0.2) is 5.43 Å². The molecule has 0 radical (unpaired) electrons. The molecule has 2 aromatic carbocycles. The van der Waals surface area contributed by atoms with E-state index in [9.17, 15) is 9.59 Å². The summed E-state index contributed by atoms with van der Waals surface area (Å²) in [5.41, 5.74) is 3.57. The Morgan fingerprint density at radius 1 is 1.03 bits per heavy atom. The van der Waals surface area contributed by atoms with Gasteiger partial charge in [0.1, 0.15) is 5.01 Å². The average molecular weight is 455 g/mol. The predicted octanol–water partition coefficient (Wildman–Crippen LogP) is 2.51. The molecular weight excluding hydrogens is 434 g/mol. The number of nitrogens with zero attached hydrogens (tertiary/aromatic N) is 3. The molecule has 11 heteroatoms. The highest BCUT2D eigenvalue weighted by Gasteiger charge is 2.14. The minimum atomic E-state index is -0.384. The van der Waals surface area contributed by atoms with Crippen molar-refractivity contribution >= 4 is 34.5 Å². The number of hydrogen-bond acceptors (Lipinski definition) is 9. The summed E-state index contributed by atoms with van der Waals surface area (Å²) in [6, 6.07) is 12.1. The van der Waals surface area contributed by atoms with Gasteiger partial charge in [0.25, 0.3) is 5.91 Å². The van der Waals surface area contributed by atoms with Crippen molar-refractivity contribution in [3.63, 3.8) is 0 Å². The van der Waals surface area contributed by atoms with Crippen molar-refractivity contribution in [2.24, 2.45) is 5.10 Å². The van der Waals surface area contributed by atoms with Crippen LogP contribution in [-0.2, 0) is 11.2 Å². The molecule has 1 heterocycles. The lowest BCUT2D eigenvalue weighted by Gasteiger charge is -2.12. The summed E-state index contributed by atoms with van der Waals surface area (Å²) in [4.78, 5) is 24.3. The third-order valence-electron chi connectivity index (χ3n) is 4.12. The number of methoxy groups -OCH3 is 3. The molecule has 2 amide bonds. The van der Waals surface area contributed by atoms with Crippen molar-refractivity contribution in [3.05, 3.63) is 58.6 Å². The lowest BCUT2D eigenvalue weighted by atomic mass is 10.2. The van der Waals surface area contributed by atoms with Crippen LogP contribution in [0.1, 0.15) is 20.9 Å². The van der Waals surface area contributed by atoms with E-state index in [0.717, 1.165) is 11.3 Å². The fraction of sp³-hybridized carbons (Fsp3) is 0.190. The van der Waals surface area contributed by atoms with E-state index in [1.807, 2.05) is 6.07 Å². The number of ether oxygens (including phenoxy) is 3. The number of anilines is 1. The minimum Gasteiger partial charge on any atom is -0.493 e. The van der Waals surface area contributed by atoms with Crippen molar-refractivity contribution in [1.82, 2.24) is 15.6 Å². The molecule has 0 fully saturated rings. The Hall–Kier alpha value is -3.99. The maximum atomic E-state index is 12.2. The Morgan fingerprint density at radius 3 is 2.34 bits per heavy atom. The molecule has 0 bridgehead atoms. The molecule has 0 saturated carbocycles. The molecule has 0 aliphatic carbocycles. The molecule has 166 valence electrons. The second-order valence-corrected chi connectivity index (χ2v) is 7.31. The fourth-order valence-corrected chi connectivity index (χ4v) is 3.40. The highest BCUT2D eigenvalue weighted by molar-refractivity contribution is 7.15. The Labute approximate surface area is 188 Å². The van der Waals surface area contributed by atoms with Crippen LogP contribution in [0.15, 0.2) is 47.6 Å². The lowest BCUT2D eigenvalue weighted by Crippen LogP contribution is -2.19. The second-order valence-electron chi connectivity index (χ2n) is 6.25. The number of carbonyl (C=O) groups excluding carboxylic acids is 2. The number of amides is 2. The van der Waals surface area contributed by atoms with E-state index in [2.05, 4.69) is 26.0 Å². The fourth-order valence-electron chi connectivity index (χ4n) is 2.67. The molecule has 10 nitrogen and oxygen atoms in total. The van der Waals surface area contributed by atoms with Crippen LogP contribution in [0.4, 0.5) is 5.13 Å². The summed E-state index contributed by atoms with van der Waals surface area (Å²) >= 11 is 1.11. The summed E-state index contributed by atoms with van der Waals surface area (Å²) in [5, 5.41) is 15.2. The summed E-state index contributed by atoms with van der Waals surface area (Å²) in [6.45, 7) is 0. The molecule has 3 rings (SSSR count). The Kier molecular flexibility index (Phi) is 7.70. The van der Waals surface area contributed by atoms with Crippen molar-refractivity contribution in [1.29, 1.82) is 0 Å². The normalized spacial score (nSPS) is 10.6. The largest absolute Gasteiger partial charge is 0.493 e. The number of hydrogen-bond donors (Lipinski definition) is 2. The molecule has 0 saturated heterocycles. The van der Waals surface area contributed by atoms with Gasteiger partial charge in [0.05, 0.1) is 34.0 Å². The Bertz CT molecular complexity index is 1090. The van der Waals surface area contributed by atoms with E-state index in [0.29, 0.717) is 38.5 Å². The van der Waals surface area contributed by atoms with Crippen molar-refractivity contribution in [2.45, 2.75) is 6.42 Å². The van der Waals surface area contributed by atoms with Gasteiger partial charge in [-0.2, -0.15) is 5.10 Å². The molecule has 0 aliphatic heterocycles. The molecule has 0 spiro atoms. The summed E-state index contributed by atoms with van der Waals surface area (Å²) < 4.78 is 15.8. The van der Waals surface area contributed by atoms with Crippen molar-refractivity contribution < 1.29 is 23.8 Å². The first-order valence-electron chi connectivity index (χ1n) is 9.34. The van der Waals surface area contributed by atoms with Crippen LogP contribution in [0.25, 0.3) is 0 Å². The molecule has 32 heavy (non-hydrogen) atoms. The maximum absolute atomic E-state index is 12.2. The molecule has 0 atom stereocenters. The molecule has 3 aromatic rings. The van der Waals surface area contributed by atoms with Crippen molar-refractivity contribution in [2.75, 3.05) is 26.6 Å². The topological polar surface area (TPSA) is 124 Å². The minimum absolute atomic E-state index is 0.0362. The number of aromatic nitrogens is 2. The van der Waals surface area contributed by atoms with E-state index >= 15 is 0 Å². The van der Waals surface area contributed by atoms with E-state index < -0.39 is 0 Å². The average Bonchev–Trinajstić information content (AvgIpc) is 3.25. The van der Waals surface area contributed by atoms with Crippen LogP contribution in [0, 0.1) is 0 Å². The quantitative estimate of drug-likeness (QED) is 0.375. The monoisotopic (exact) mass is 455 g/mol. The van der Waals surface area contributed by atoms with Crippen LogP contribution < -0.4 is 25.0 Å². The third-order valence-corrected chi connectivity index (χ3v) is 4.96. The Balaban J connectivity index is 1.56. The molecule has 0 unspecified atom stereocenters. The number of hydrazone groups is 1. The zero-order chi connectivity index (χ0) is 22.9. The second kappa shape index (κ2) is 10.9. The van der Waals surface area contributed by atoms with Crippen LogP contribution in [0.3, 0.4) is 0 Å². The summed E-state index contributed by atoms with van der Waals surface area (Å²) in [7, 11) is 4.54. The van der Waals surface area contributed by atoms with E-state index in [-0.39, 0.29) is 18.2 Å². The number of benzene rings is 2. The number of rotatable bonds is 9. The Morgan fingerprint density at radius 2 is 1.72 bits per heavy atom. The zero-order valence-electron chi connectivity index (χ0n) is 17.6. The van der Waals surface area contributed by atoms with Gasteiger partial charge in [-0.3, -0.25) is 14.9 Å². The smallest absolute Gasteiger partial charge is 0.257 e. The van der Waals surface area contributed by atoms with E-state index in [1.54, 1.807) is 36.4 Å². The number of nitrogens with one attached hydrogen (secondary N) is 2. The predicted molar refractivity (Wildman–Crippen MR) is 120 cm³/mol. The van der Waals surface area contributed by atoms with Gasteiger partial charge in [0.2, 0.25) is 16.8 Å². The third kappa shape index (κ3) is 5.79. The van der Waals surface area contributed by atoms with Gasteiger partial charge in [0, 0.05) is 11.1 Å². The lowest BCUT2D eigenvalue weighted by molar-refractivity contribution is -0.120. The van der Waals surface area contributed by atoms with Gasteiger partial charge < -0.3 is 14.2 Å². The first kappa shape index (κ1) is 22.7. The van der Waals surface area contributed by atoms with Gasteiger partial charge >= 0.3 is 0 Å². The summed E-state index contributed by atoms with van der Waals surface area (Å²) in [6.07, 6.45) is 1.42. The molecular formula is C21H21N5O5S. The van der Waals surface area contributed by atoms with Gasteiger partial charge in [-0.1, -0.05) is 29.5 Å². The van der Waals surface area contributed by atoms with Gasteiger partial charge in [-0.15, -0.1) is 10.2 Å². The maximum Gasteiger partial charge on any atom is 0.257 e. The molecule has 1 aromatic heterocycles. The SMILES string of the molecule is COc1cc(/C=N\NC(=O)Cc2nnc(NC(=O)c3ccccc3)s2)cc(OC)c1OC. The molecule has 0 aliphatic rings. The highest BCUT2D eigenvalue weighted by atomic mass is 32.1. The van der Waals surface area contributed by atoms with Crippen LogP contribution in [-0.4, -0.2) is 49.6 Å². The van der Waals surface area contributed by atoms with E-state index in [1.165, 1.54) is 27.5 Å².